The predicted octanol–water partition coefficient (Wildman–Crippen LogP) is 1.21. The third-order valence-corrected chi connectivity index (χ3v) is 6.86. The van der Waals surface area contributed by atoms with E-state index in [1.54, 1.807) is 67.7 Å². The van der Waals surface area contributed by atoms with Crippen LogP contribution in [0.2, 0.25) is 0 Å². The van der Waals surface area contributed by atoms with Gasteiger partial charge in [0.05, 0.1) is 5.75 Å². The number of carboxylic acid groups (broad SMARTS) is 1. The standard InChI is InChI=1S/C24H23N5O5S/c1-27-18-19(28(2)23(34)29(3)20(18)31)25-22(27)35-14-17(30)26-24(21(32)33,15-10-6-4-7-11-15)16-12-8-5-9-13-16/h4-13H,14H2,1-3H3,(H,26,30)(H,32,33). The van der Waals surface area contributed by atoms with Crippen LogP contribution in [0.4, 0.5) is 0 Å². The lowest BCUT2D eigenvalue weighted by atomic mass is 9.82. The Morgan fingerprint density at radius 3 is 1.97 bits per heavy atom. The van der Waals surface area contributed by atoms with Crippen molar-refractivity contribution in [3.63, 3.8) is 0 Å². The van der Waals surface area contributed by atoms with Gasteiger partial charge in [-0.3, -0.25) is 18.7 Å². The van der Waals surface area contributed by atoms with Gasteiger partial charge in [-0.1, -0.05) is 72.4 Å². The summed E-state index contributed by atoms with van der Waals surface area (Å²) >= 11 is 1.04. The minimum atomic E-state index is -1.80. The quantitative estimate of drug-likeness (QED) is 0.370. The van der Waals surface area contributed by atoms with Gasteiger partial charge in [-0.25, -0.2) is 14.6 Å². The van der Waals surface area contributed by atoms with Gasteiger partial charge in [0.15, 0.2) is 21.9 Å². The van der Waals surface area contributed by atoms with Crippen molar-refractivity contribution in [2.24, 2.45) is 21.1 Å². The number of benzene rings is 2. The number of nitrogens with one attached hydrogen (secondary N) is 1. The number of aliphatic carboxylic acids is 1. The van der Waals surface area contributed by atoms with Crippen LogP contribution in [0.5, 0.6) is 0 Å². The molecule has 11 heteroatoms. The number of fused-ring (bicyclic) bond motifs is 1. The second kappa shape index (κ2) is 9.26. The number of aromatic nitrogens is 4. The maximum absolute atomic E-state index is 13.1. The summed E-state index contributed by atoms with van der Waals surface area (Å²) in [6, 6.07) is 17.0. The van der Waals surface area contributed by atoms with Crippen molar-refractivity contribution in [2.75, 3.05) is 5.75 Å². The topological polar surface area (TPSA) is 128 Å². The van der Waals surface area contributed by atoms with Crippen molar-refractivity contribution in [1.82, 2.24) is 24.0 Å². The van der Waals surface area contributed by atoms with Crippen LogP contribution in [0.25, 0.3) is 11.2 Å². The number of aryl methyl sites for hydroxylation is 2. The Kier molecular flexibility index (Phi) is 6.35. The van der Waals surface area contributed by atoms with Gasteiger partial charge in [-0.15, -0.1) is 0 Å². The van der Waals surface area contributed by atoms with Gasteiger partial charge in [0.2, 0.25) is 5.91 Å². The molecular formula is C24H23N5O5S. The summed E-state index contributed by atoms with van der Waals surface area (Å²) in [6.45, 7) is 0. The second-order valence-electron chi connectivity index (χ2n) is 7.96. The molecule has 2 heterocycles. The van der Waals surface area contributed by atoms with E-state index in [0.717, 1.165) is 16.3 Å². The first-order valence-corrected chi connectivity index (χ1v) is 11.6. The molecule has 35 heavy (non-hydrogen) atoms. The summed E-state index contributed by atoms with van der Waals surface area (Å²) in [5, 5.41) is 13.4. The lowest BCUT2D eigenvalue weighted by Gasteiger charge is -2.31. The Hall–Kier alpha value is -4.12. The molecule has 180 valence electrons. The zero-order valence-electron chi connectivity index (χ0n) is 19.3. The third kappa shape index (κ3) is 4.03. The lowest BCUT2D eigenvalue weighted by molar-refractivity contribution is -0.145. The van der Waals surface area contributed by atoms with Gasteiger partial charge in [0.25, 0.3) is 5.56 Å². The number of carboxylic acids is 1. The van der Waals surface area contributed by atoms with Crippen LogP contribution in [-0.2, 0) is 36.3 Å². The molecule has 0 saturated carbocycles. The van der Waals surface area contributed by atoms with Crippen LogP contribution < -0.4 is 16.6 Å². The maximum Gasteiger partial charge on any atom is 0.338 e. The van der Waals surface area contributed by atoms with E-state index in [1.165, 1.54) is 23.2 Å². The third-order valence-electron chi connectivity index (χ3n) is 5.83. The summed E-state index contributed by atoms with van der Waals surface area (Å²) in [4.78, 5) is 54.9. The zero-order valence-corrected chi connectivity index (χ0v) is 20.1. The number of carbonyl (C=O) groups is 2. The SMILES string of the molecule is Cn1c(=O)c2c(nc(SCC(=O)NC(C(=O)O)(c3ccccc3)c3ccccc3)n2C)n(C)c1=O. The number of carbonyl (C=O) groups excluding carboxylic acids is 1. The van der Waals surface area contributed by atoms with Gasteiger partial charge in [0.1, 0.15) is 0 Å². The molecule has 0 radical (unpaired) electrons. The zero-order chi connectivity index (χ0) is 25.3. The van der Waals surface area contributed by atoms with Gasteiger partial charge < -0.3 is 15.0 Å². The molecule has 4 rings (SSSR count). The molecule has 0 bridgehead atoms. The first-order valence-electron chi connectivity index (χ1n) is 10.6. The van der Waals surface area contributed by atoms with Gasteiger partial charge in [-0.2, -0.15) is 0 Å². The highest BCUT2D eigenvalue weighted by Crippen LogP contribution is 2.31. The molecule has 2 N–H and O–H groups in total. The lowest BCUT2D eigenvalue weighted by Crippen LogP contribution is -2.53. The minimum Gasteiger partial charge on any atom is -0.479 e. The van der Waals surface area contributed by atoms with E-state index in [2.05, 4.69) is 10.3 Å². The number of hydrogen-bond acceptors (Lipinski definition) is 6. The van der Waals surface area contributed by atoms with Crippen LogP contribution in [-0.4, -0.2) is 41.4 Å². The van der Waals surface area contributed by atoms with Crippen molar-refractivity contribution in [1.29, 1.82) is 0 Å². The van der Waals surface area contributed by atoms with Gasteiger partial charge >= 0.3 is 11.7 Å². The minimum absolute atomic E-state index is 0.167. The van der Waals surface area contributed by atoms with Crippen LogP contribution in [0.3, 0.4) is 0 Å². The van der Waals surface area contributed by atoms with Crippen molar-refractivity contribution >= 4 is 34.8 Å². The average molecular weight is 494 g/mol. The van der Waals surface area contributed by atoms with Crippen LogP contribution in [0.1, 0.15) is 11.1 Å². The molecule has 4 aromatic rings. The molecule has 0 aliphatic rings. The van der Waals surface area contributed by atoms with E-state index in [1.807, 2.05) is 0 Å². The molecule has 0 fully saturated rings. The second-order valence-corrected chi connectivity index (χ2v) is 8.90. The number of imidazole rings is 1. The molecular weight excluding hydrogens is 470 g/mol. The average Bonchev–Trinajstić information content (AvgIpc) is 3.20. The molecule has 0 unspecified atom stereocenters. The van der Waals surface area contributed by atoms with E-state index in [-0.39, 0.29) is 16.9 Å². The van der Waals surface area contributed by atoms with Crippen LogP contribution >= 0.6 is 11.8 Å². The summed E-state index contributed by atoms with van der Waals surface area (Å²) in [6.07, 6.45) is 0. The van der Waals surface area contributed by atoms with E-state index in [0.29, 0.717) is 16.3 Å². The molecule has 0 spiro atoms. The number of rotatable bonds is 7. The summed E-state index contributed by atoms with van der Waals surface area (Å²) in [5.41, 5.74) is -1.56. The fraction of sp³-hybridized carbons (Fsp3) is 0.208. The largest absolute Gasteiger partial charge is 0.479 e. The predicted molar refractivity (Wildman–Crippen MR) is 131 cm³/mol. The number of thioether (sulfide) groups is 1. The van der Waals surface area contributed by atoms with Crippen LogP contribution in [0.15, 0.2) is 75.4 Å². The van der Waals surface area contributed by atoms with Gasteiger partial charge in [0, 0.05) is 21.1 Å². The van der Waals surface area contributed by atoms with Crippen molar-refractivity contribution < 1.29 is 14.7 Å². The summed E-state index contributed by atoms with van der Waals surface area (Å²) in [7, 11) is 4.52. The molecule has 0 aliphatic heterocycles. The molecule has 10 nitrogen and oxygen atoms in total. The van der Waals surface area contributed by atoms with Crippen molar-refractivity contribution in [3.05, 3.63) is 92.6 Å². The normalized spacial score (nSPS) is 11.5. The van der Waals surface area contributed by atoms with Crippen molar-refractivity contribution in [3.8, 4) is 0 Å². The first-order chi connectivity index (χ1) is 16.7. The Balaban J connectivity index is 1.68. The smallest absolute Gasteiger partial charge is 0.338 e. The monoisotopic (exact) mass is 493 g/mol. The number of nitrogens with zero attached hydrogens (tertiary/aromatic N) is 4. The highest BCUT2D eigenvalue weighted by molar-refractivity contribution is 7.99. The van der Waals surface area contributed by atoms with Crippen LogP contribution in [0, 0.1) is 0 Å². The highest BCUT2D eigenvalue weighted by Gasteiger charge is 2.43. The van der Waals surface area contributed by atoms with E-state index in [9.17, 15) is 24.3 Å². The van der Waals surface area contributed by atoms with E-state index < -0.39 is 28.7 Å². The first kappa shape index (κ1) is 24.0. The fourth-order valence-corrected chi connectivity index (χ4v) is 4.76. The molecule has 0 aliphatic carbocycles. The number of hydrogen-bond donors (Lipinski definition) is 2. The molecule has 0 saturated heterocycles. The van der Waals surface area contributed by atoms with Gasteiger partial charge in [-0.05, 0) is 11.1 Å². The Morgan fingerprint density at radius 2 is 1.46 bits per heavy atom. The molecule has 2 aromatic carbocycles. The van der Waals surface area contributed by atoms with E-state index >= 15 is 0 Å². The highest BCUT2D eigenvalue weighted by atomic mass is 32.2. The Labute approximate surface area is 203 Å². The van der Waals surface area contributed by atoms with Crippen molar-refractivity contribution in [2.45, 2.75) is 10.7 Å². The number of amides is 1. The Bertz CT molecular complexity index is 1500. The van der Waals surface area contributed by atoms with E-state index in [4.69, 9.17) is 0 Å². The molecule has 1 amide bonds. The Morgan fingerprint density at radius 1 is 0.914 bits per heavy atom. The molecule has 2 aromatic heterocycles. The summed E-state index contributed by atoms with van der Waals surface area (Å²) in [5.74, 6) is -1.94. The summed E-state index contributed by atoms with van der Waals surface area (Å²) < 4.78 is 3.78. The molecule has 0 atom stereocenters. The fourth-order valence-electron chi connectivity index (χ4n) is 3.99. The maximum atomic E-state index is 13.1.